The molecular weight excluding hydrogens is 170 g/mol. The minimum Gasteiger partial charge on any atom is -0.395 e. The Labute approximate surface area is 76.4 Å². The lowest BCUT2D eigenvalue weighted by Gasteiger charge is -2.25. The van der Waals surface area contributed by atoms with Crippen molar-refractivity contribution in [3.8, 4) is 0 Å². The van der Waals surface area contributed by atoms with E-state index in [1.165, 1.54) is 6.20 Å². The van der Waals surface area contributed by atoms with Crippen molar-refractivity contribution in [3.05, 3.63) is 12.0 Å². The van der Waals surface area contributed by atoms with Crippen LogP contribution in [0.1, 0.15) is 5.76 Å². The highest BCUT2D eigenvalue weighted by Crippen LogP contribution is 2.13. The highest BCUT2D eigenvalue weighted by atomic mass is 16.5. The third-order valence-corrected chi connectivity index (χ3v) is 2.15. The fourth-order valence-corrected chi connectivity index (χ4v) is 1.35. The molecule has 5 nitrogen and oxygen atoms in total. The van der Waals surface area contributed by atoms with Gasteiger partial charge in [0.05, 0.1) is 31.6 Å². The van der Waals surface area contributed by atoms with E-state index in [-0.39, 0.29) is 0 Å². The average Bonchev–Trinajstić information content (AvgIpc) is 2.54. The zero-order valence-electron chi connectivity index (χ0n) is 7.40. The Hall–Kier alpha value is -1.07. The largest absolute Gasteiger partial charge is 0.395 e. The monoisotopic (exact) mass is 183 g/mol. The summed E-state index contributed by atoms with van der Waals surface area (Å²) in [4.78, 5) is 2.24. The van der Waals surface area contributed by atoms with Gasteiger partial charge in [0.25, 0.3) is 0 Å². The van der Waals surface area contributed by atoms with Gasteiger partial charge in [0.2, 0.25) is 0 Å². The van der Waals surface area contributed by atoms with Crippen LogP contribution in [0.2, 0.25) is 0 Å². The number of hydrogen-bond acceptors (Lipinski definition) is 5. The minimum absolute atomic E-state index is 0.631. The van der Waals surface area contributed by atoms with Gasteiger partial charge < -0.3 is 15.0 Å². The normalized spacial score (nSPS) is 19.1. The summed E-state index contributed by atoms with van der Waals surface area (Å²) in [5, 5.41) is 3.63. The number of hydrogen-bond donors (Lipinski definition) is 1. The Balaban J connectivity index is 1.93. The molecule has 1 fully saturated rings. The van der Waals surface area contributed by atoms with Crippen LogP contribution in [0.4, 0.5) is 5.69 Å². The van der Waals surface area contributed by atoms with Crippen LogP contribution in [-0.4, -0.2) is 36.4 Å². The fourth-order valence-electron chi connectivity index (χ4n) is 1.35. The molecular formula is C8H13N3O2. The number of morpholine rings is 1. The number of nitrogens with two attached hydrogens (primary N) is 1. The van der Waals surface area contributed by atoms with Gasteiger partial charge in [-0.1, -0.05) is 5.16 Å². The maximum absolute atomic E-state index is 5.64. The van der Waals surface area contributed by atoms with Gasteiger partial charge >= 0.3 is 0 Å². The highest BCUT2D eigenvalue weighted by Gasteiger charge is 2.14. The highest BCUT2D eigenvalue weighted by molar-refractivity contribution is 5.37. The first-order valence-corrected chi connectivity index (χ1v) is 4.35. The summed E-state index contributed by atoms with van der Waals surface area (Å²) >= 11 is 0. The number of anilines is 1. The second kappa shape index (κ2) is 3.76. The van der Waals surface area contributed by atoms with Gasteiger partial charge in [-0.2, -0.15) is 0 Å². The van der Waals surface area contributed by atoms with E-state index in [1.54, 1.807) is 0 Å². The maximum Gasteiger partial charge on any atom is 0.173 e. The van der Waals surface area contributed by atoms with Gasteiger partial charge in [-0.3, -0.25) is 4.90 Å². The van der Waals surface area contributed by atoms with Crippen molar-refractivity contribution in [1.82, 2.24) is 10.1 Å². The standard InChI is InChI=1S/C8H13N3O2/c9-7-5-10-13-8(7)6-11-1-3-12-4-2-11/h5H,1-4,6,9H2. The molecule has 0 atom stereocenters. The van der Waals surface area contributed by atoms with Gasteiger partial charge in [0.15, 0.2) is 5.76 Å². The SMILES string of the molecule is Nc1cnoc1CN1CCOCC1. The van der Waals surface area contributed by atoms with Crippen LogP contribution in [0.5, 0.6) is 0 Å². The zero-order valence-corrected chi connectivity index (χ0v) is 7.40. The van der Waals surface area contributed by atoms with E-state index in [1.807, 2.05) is 0 Å². The lowest BCUT2D eigenvalue weighted by Crippen LogP contribution is -2.35. The molecule has 13 heavy (non-hydrogen) atoms. The predicted molar refractivity (Wildman–Crippen MR) is 47.0 cm³/mol. The van der Waals surface area contributed by atoms with Gasteiger partial charge in [-0.15, -0.1) is 0 Å². The molecule has 1 saturated heterocycles. The molecule has 0 bridgehead atoms. The summed E-state index contributed by atoms with van der Waals surface area (Å²) in [5.74, 6) is 0.752. The Morgan fingerprint density at radius 1 is 1.46 bits per heavy atom. The Kier molecular flexibility index (Phi) is 2.47. The Morgan fingerprint density at radius 2 is 2.23 bits per heavy atom. The average molecular weight is 183 g/mol. The van der Waals surface area contributed by atoms with Crippen molar-refractivity contribution >= 4 is 5.69 Å². The summed E-state index contributed by atoms with van der Waals surface area (Å²) in [7, 11) is 0. The molecule has 2 heterocycles. The molecule has 1 aromatic heterocycles. The second-order valence-electron chi connectivity index (χ2n) is 3.09. The van der Waals surface area contributed by atoms with Crippen LogP contribution in [0, 0.1) is 0 Å². The van der Waals surface area contributed by atoms with Crippen molar-refractivity contribution in [2.75, 3.05) is 32.0 Å². The summed E-state index contributed by atoms with van der Waals surface area (Å²) in [6.45, 7) is 4.16. The molecule has 0 radical (unpaired) electrons. The van der Waals surface area contributed by atoms with Gasteiger partial charge in [-0.25, -0.2) is 0 Å². The number of nitrogen functional groups attached to an aromatic ring is 1. The minimum atomic E-state index is 0.631. The van der Waals surface area contributed by atoms with E-state index in [0.29, 0.717) is 5.69 Å². The van der Waals surface area contributed by atoms with Crippen LogP contribution < -0.4 is 5.73 Å². The van der Waals surface area contributed by atoms with Gasteiger partial charge in [0.1, 0.15) is 0 Å². The topological polar surface area (TPSA) is 64.5 Å². The summed E-state index contributed by atoms with van der Waals surface area (Å²) < 4.78 is 10.2. The first-order valence-electron chi connectivity index (χ1n) is 4.35. The third kappa shape index (κ3) is 1.99. The van der Waals surface area contributed by atoms with Gasteiger partial charge in [-0.05, 0) is 0 Å². The van der Waals surface area contributed by atoms with E-state index in [4.69, 9.17) is 15.0 Å². The molecule has 5 heteroatoms. The number of ether oxygens (including phenoxy) is 1. The zero-order chi connectivity index (χ0) is 9.10. The molecule has 0 unspecified atom stereocenters. The van der Waals surface area contributed by atoms with Crippen LogP contribution in [0.3, 0.4) is 0 Å². The van der Waals surface area contributed by atoms with Crippen LogP contribution in [-0.2, 0) is 11.3 Å². The lowest BCUT2D eigenvalue weighted by molar-refractivity contribution is 0.0306. The Bertz CT molecular complexity index is 268. The van der Waals surface area contributed by atoms with Crippen molar-refractivity contribution in [3.63, 3.8) is 0 Å². The van der Waals surface area contributed by atoms with E-state index >= 15 is 0 Å². The second-order valence-corrected chi connectivity index (χ2v) is 3.09. The molecule has 2 N–H and O–H groups in total. The molecule has 0 amide bonds. The third-order valence-electron chi connectivity index (χ3n) is 2.15. The summed E-state index contributed by atoms with van der Waals surface area (Å²) in [6.07, 6.45) is 1.54. The first-order chi connectivity index (χ1) is 6.36. The summed E-state index contributed by atoms with van der Waals surface area (Å²) in [6, 6.07) is 0. The fraction of sp³-hybridized carbons (Fsp3) is 0.625. The first kappa shape index (κ1) is 8.52. The molecule has 72 valence electrons. The van der Waals surface area contributed by atoms with Crippen LogP contribution >= 0.6 is 0 Å². The number of aromatic nitrogens is 1. The molecule has 0 aliphatic carbocycles. The molecule has 1 aromatic rings. The van der Waals surface area contributed by atoms with E-state index in [2.05, 4.69) is 10.1 Å². The smallest absolute Gasteiger partial charge is 0.173 e. The van der Waals surface area contributed by atoms with Crippen molar-refractivity contribution in [2.45, 2.75) is 6.54 Å². The molecule has 0 spiro atoms. The van der Waals surface area contributed by atoms with Crippen molar-refractivity contribution in [2.24, 2.45) is 0 Å². The van der Waals surface area contributed by atoms with E-state index in [9.17, 15) is 0 Å². The quantitative estimate of drug-likeness (QED) is 0.704. The molecule has 1 aliphatic heterocycles. The van der Waals surface area contributed by atoms with Crippen LogP contribution in [0.15, 0.2) is 10.7 Å². The number of rotatable bonds is 2. The summed E-state index contributed by atoms with van der Waals surface area (Å²) in [5.41, 5.74) is 6.27. The van der Waals surface area contributed by atoms with Crippen LogP contribution in [0.25, 0.3) is 0 Å². The van der Waals surface area contributed by atoms with E-state index < -0.39 is 0 Å². The maximum atomic E-state index is 5.64. The number of nitrogens with zero attached hydrogens (tertiary/aromatic N) is 2. The molecule has 1 aliphatic rings. The van der Waals surface area contributed by atoms with Crippen molar-refractivity contribution < 1.29 is 9.26 Å². The molecule has 2 rings (SSSR count). The predicted octanol–water partition coefficient (Wildman–Crippen LogP) is 0.0890. The van der Waals surface area contributed by atoms with Crippen molar-refractivity contribution in [1.29, 1.82) is 0 Å². The molecule has 0 aromatic carbocycles. The lowest BCUT2D eigenvalue weighted by atomic mass is 10.3. The van der Waals surface area contributed by atoms with E-state index in [0.717, 1.165) is 38.6 Å². The Morgan fingerprint density at radius 3 is 2.85 bits per heavy atom. The molecule has 0 saturated carbocycles. The van der Waals surface area contributed by atoms with Gasteiger partial charge in [0, 0.05) is 13.1 Å².